The van der Waals surface area contributed by atoms with Gasteiger partial charge in [-0.1, -0.05) is 12.1 Å². The van der Waals surface area contributed by atoms with E-state index in [9.17, 15) is 0 Å². The number of aryl methyl sites for hydroxylation is 1. The van der Waals surface area contributed by atoms with Crippen LogP contribution in [0, 0.1) is 6.92 Å². The van der Waals surface area contributed by atoms with Crippen molar-refractivity contribution in [3.8, 4) is 0 Å². The highest BCUT2D eigenvalue weighted by Gasteiger charge is 2.05. The van der Waals surface area contributed by atoms with Crippen molar-refractivity contribution < 1.29 is 0 Å². The summed E-state index contributed by atoms with van der Waals surface area (Å²) >= 11 is 3.69. The Kier molecular flexibility index (Phi) is 5.49. The van der Waals surface area contributed by atoms with Crippen molar-refractivity contribution in [3.05, 3.63) is 51.7 Å². The number of nitrogens with one attached hydrogen (secondary N) is 1. The van der Waals surface area contributed by atoms with Crippen molar-refractivity contribution in [2.24, 2.45) is 0 Å². The lowest BCUT2D eigenvalue weighted by molar-refractivity contribution is 0.548. The number of rotatable bonds is 6. The third kappa shape index (κ3) is 4.68. The molecular weight excluding hydrogens is 270 g/mol. The summed E-state index contributed by atoms with van der Waals surface area (Å²) in [5.74, 6) is 0. The lowest BCUT2D eigenvalue weighted by atomic mass is 10.1. The maximum absolute atomic E-state index is 3.59. The van der Waals surface area contributed by atoms with E-state index in [0.29, 0.717) is 6.04 Å². The van der Waals surface area contributed by atoms with Gasteiger partial charge >= 0.3 is 0 Å². The molecule has 102 valence electrons. The Balaban J connectivity index is 1.80. The minimum Gasteiger partial charge on any atom is -0.310 e. The number of hydrogen-bond acceptors (Lipinski definition) is 3. The van der Waals surface area contributed by atoms with Gasteiger partial charge in [-0.3, -0.25) is 0 Å². The summed E-state index contributed by atoms with van der Waals surface area (Å²) in [6.45, 7) is 5.37. The van der Waals surface area contributed by atoms with Crippen LogP contribution in [-0.4, -0.2) is 12.3 Å². The van der Waals surface area contributed by atoms with Crippen LogP contribution in [0.15, 0.2) is 41.3 Å². The monoisotopic (exact) mass is 291 g/mol. The SMILES string of the molecule is CSc1ccc(CNC(C)Cc2ccc(C)s2)cc1. The van der Waals surface area contributed by atoms with Crippen LogP contribution in [0.1, 0.15) is 22.2 Å². The molecule has 0 saturated carbocycles. The first kappa shape index (κ1) is 14.6. The summed E-state index contributed by atoms with van der Waals surface area (Å²) < 4.78 is 0. The maximum atomic E-state index is 3.59. The molecule has 0 aliphatic rings. The van der Waals surface area contributed by atoms with E-state index in [1.54, 1.807) is 11.8 Å². The topological polar surface area (TPSA) is 12.0 Å². The summed E-state index contributed by atoms with van der Waals surface area (Å²) in [6, 6.07) is 13.8. The molecular formula is C16H21NS2. The third-order valence-electron chi connectivity index (χ3n) is 3.12. The van der Waals surface area contributed by atoms with Crippen LogP contribution >= 0.6 is 23.1 Å². The van der Waals surface area contributed by atoms with Gasteiger partial charge in [0.25, 0.3) is 0 Å². The van der Waals surface area contributed by atoms with Gasteiger partial charge in [0.1, 0.15) is 0 Å². The lowest BCUT2D eigenvalue weighted by Gasteiger charge is -2.13. The number of benzene rings is 1. The van der Waals surface area contributed by atoms with Crippen LogP contribution in [0.3, 0.4) is 0 Å². The second-order valence-electron chi connectivity index (χ2n) is 4.85. The molecule has 3 heteroatoms. The predicted octanol–water partition coefficient (Wildman–Crippen LogP) is 4.50. The largest absolute Gasteiger partial charge is 0.310 e. The van der Waals surface area contributed by atoms with E-state index in [4.69, 9.17) is 0 Å². The molecule has 19 heavy (non-hydrogen) atoms. The molecule has 1 aromatic carbocycles. The Morgan fingerprint density at radius 2 is 1.89 bits per heavy atom. The molecule has 1 unspecified atom stereocenters. The highest BCUT2D eigenvalue weighted by atomic mass is 32.2. The summed E-state index contributed by atoms with van der Waals surface area (Å²) in [7, 11) is 0. The van der Waals surface area contributed by atoms with E-state index in [1.165, 1.54) is 20.2 Å². The zero-order chi connectivity index (χ0) is 13.7. The molecule has 0 saturated heterocycles. The van der Waals surface area contributed by atoms with Gasteiger partial charge in [-0.05, 0) is 56.4 Å². The minimum atomic E-state index is 0.512. The van der Waals surface area contributed by atoms with Gasteiger partial charge in [-0.25, -0.2) is 0 Å². The molecule has 0 spiro atoms. The minimum absolute atomic E-state index is 0.512. The Hall–Kier alpha value is -0.770. The standard InChI is InChI=1S/C16H21NS2/c1-12(10-16-7-4-13(2)19-16)17-11-14-5-8-15(18-3)9-6-14/h4-9,12,17H,10-11H2,1-3H3. The van der Waals surface area contributed by atoms with Gasteiger partial charge in [0.2, 0.25) is 0 Å². The fraction of sp³-hybridized carbons (Fsp3) is 0.375. The van der Waals surface area contributed by atoms with Gasteiger partial charge in [-0.15, -0.1) is 23.1 Å². The Morgan fingerprint density at radius 3 is 2.47 bits per heavy atom. The summed E-state index contributed by atoms with van der Waals surface area (Å²) in [5.41, 5.74) is 1.35. The smallest absolute Gasteiger partial charge is 0.0208 e. The molecule has 0 fully saturated rings. The lowest BCUT2D eigenvalue weighted by Crippen LogP contribution is -2.27. The zero-order valence-corrected chi connectivity index (χ0v) is 13.4. The molecule has 1 aromatic heterocycles. The van der Waals surface area contributed by atoms with E-state index >= 15 is 0 Å². The Labute approximate surface area is 124 Å². The van der Waals surface area contributed by atoms with Crippen LogP contribution in [-0.2, 0) is 13.0 Å². The summed E-state index contributed by atoms with van der Waals surface area (Å²) in [4.78, 5) is 4.19. The summed E-state index contributed by atoms with van der Waals surface area (Å²) in [5, 5.41) is 3.59. The second-order valence-corrected chi connectivity index (χ2v) is 7.10. The van der Waals surface area contributed by atoms with Crippen molar-refractivity contribution >= 4 is 23.1 Å². The quantitative estimate of drug-likeness (QED) is 0.787. The molecule has 1 heterocycles. The van der Waals surface area contributed by atoms with E-state index < -0.39 is 0 Å². The van der Waals surface area contributed by atoms with E-state index in [2.05, 4.69) is 61.8 Å². The van der Waals surface area contributed by atoms with Crippen molar-refractivity contribution in [3.63, 3.8) is 0 Å². The average molecular weight is 291 g/mol. The van der Waals surface area contributed by atoms with Crippen LogP contribution in [0.4, 0.5) is 0 Å². The van der Waals surface area contributed by atoms with Gasteiger partial charge < -0.3 is 5.32 Å². The molecule has 0 aliphatic carbocycles. The number of hydrogen-bond donors (Lipinski definition) is 1. The maximum Gasteiger partial charge on any atom is 0.0208 e. The van der Waals surface area contributed by atoms with Gasteiger partial charge in [0.15, 0.2) is 0 Å². The molecule has 2 rings (SSSR count). The molecule has 0 aliphatic heterocycles. The number of thioether (sulfide) groups is 1. The molecule has 1 nitrogen and oxygen atoms in total. The highest BCUT2D eigenvalue weighted by molar-refractivity contribution is 7.98. The van der Waals surface area contributed by atoms with E-state index in [1.807, 2.05) is 11.3 Å². The molecule has 2 aromatic rings. The van der Waals surface area contributed by atoms with Gasteiger partial charge in [-0.2, -0.15) is 0 Å². The second kappa shape index (κ2) is 7.13. The van der Waals surface area contributed by atoms with Crippen LogP contribution in [0.25, 0.3) is 0 Å². The van der Waals surface area contributed by atoms with Crippen molar-refractivity contribution in [2.45, 2.75) is 37.8 Å². The molecule has 0 amide bonds. The first-order valence-corrected chi connectivity index (χ1v) is 8.63. The normalized spacial score (nSPS) is 12.6. The summed E-state index contributed by atoms with van der Waals surface area (Å²) in [6.07, 6.45) is 3.22. The fourth-order valence-corrected chi connectivity index (χ4v) is 3.43. The predicted molar refractivity (Wildman–Crippen MR) is 87.3 cm³/mol. The first-order valence-electron chi connectivity index (χ1n) is 6.59. The average Bonchev–Trinajstić information content (AvgIpc) is 2.82. The van der Waals surface area contributed by atoms with Crippen molar-refractivity contribution in [1.29, 1.82) is 0 Å². The van der Waals surface area contributed by atoms with Gasteiger partial charge in [0, 0.05) is 27.2 Å². The van der Waals surface area contributed by atoms with E-state index in [0.717, 1.165) is 13.0 Å². The van der Waals surface area contributed by atoms with E-state index in [-0.39, 0.29) is 0 Å². The van der Waals surface area contributed by atoms with Crippen LogP contribution in [0.2, 0.25) is 0 Å². The third-order valence-corrected chi connectivity index (χ3v) is 4.88. The Bertz CT molecular complexity index is 502. The van der Waals surface area contributed by atoms with Crippen molar-refractivity contribution in [1.82, 2.24) is 5.32 Å². The van der Waals surface area contributed by atoms with Crippen molar-refractivity contribution in [2.75, 3.05) is 6.26 Å². The van der Waals surface area contributed by atoms with Gasteiger partial charge in [0.05, 0.1) is 0 Å². The fourth-order valence-electron chi connectivity index (χ4n) is 2.00. The molecule has 0 radical (unpaired) electrons. The Morgan fingerprint density at radius 1 is 1.16 bits per heavy atom. The molecule has 1 N–H and O–H groups in total. The van der Waals surface area contributed by atoms with Crippen LogP contribution in [0.5, 0.6) is 0 Å². The number of thiophene rings is 1. The first-order chi connectivity index (χ1) is 9.17. The van der Waals surface area contributed by atoms with Crippen LogP contribution < -0.4 is 5.32 Å². The highest BCUT2D eigenvalue weighted by Crippen LogP contribution is 2.17. The molecule has 1 atom stereocenters. The zero-order valence-electron chi connectivity index (χ0n) is 11.8. The molecule has 0 bridgehead atoms.